The average molecular weight is 577 g/mol. The molecule has 0 saturated carbocycles. The van der Waals surface area contributed by atoms with Crippen molar-refractivity contribution in [2.45, 2.75) is 45.0 Å². The van der Waals surface area contributed by atoms with Crippen molar-refractivity contribution in [3.05, 3.63) is 53.6 Å². The number of amides is 2. The Kier molecular flexibility index (Phi) is 11.3. The summed E-state index contributed by atoms with van der Waals surface area (Å²) in [5, 5.41) is 15.0. The van der Waals surface area contributed by atoms with Crippen LogP contribution in [-0.2, 0) is 20.6 Å². The Balaban J connectivity index is 1.71. The van der Waals surface area contributed by atoms with Gasteiger partial charge in [-0.2, -0.15) is 0 Å². The molecule has 2 amide bonds. The van der Waals surface area contributed by atoms with Crippen LogP contribution in [0.3, 0.4) is 0 Å². The minimum atomic E-state index is -3.70. The number of sulfonamides is 1. The molecule has 2 aromatic carbocycles. The number of methoxy groups -OCH3 is 1. The Morgan fingerprint density at radius 3 is 2.60 bits per heavy atom. The van der Waals surface area contributed by atoms with Crippen molar-refractivity contribution in [1.82, 2.24) is 14.9 Å². The van der Waals surface area contributed by atoms with Crippen molar-refractivity contribution < 1.29 is 32.6 Å². The highest BCUT2D eigenvalue weighted by Gasteiger charge is 2.34. The summed E-state index contributed by atoms with van der Waals surface area (Å²) in [6.45, 7) is 6.86. The van der Waals surface area contributed by atoms with E-state index in [0.29, 0.717) is 54.4 Å². The first-order valence-corrected chi connectivity index (χ1v) is 15.0. The van der Waals surface area contributed by atoms with Crippen molar-refractivity contribution >= 4 is 27.5 Å². The topological polar surface area (TPSA) is 146 Å². The summed E-state index contributed by atoms with van der Waals surface area (Å²) in [5.74, 6) is 0.0889. The fourth-order valence-electron chi connectivity index (χ4n) is 4.61. The van der Waals surface area contributed by atoms with Crippen LogP contribution in [0.2, 0.25) is 0 Å². The summed E-state index contributed by atoms with van der Waals surface area (Å²) in [7, 11) is -2.19. The van der Waals surface area contributed by atoms with Crippen molar-refractivity contribution in [2.75, 3.05) is 45.3 Å². The van der Waals surface area contributed by atoms with E-state index in [1.807, 2.05) is 13.8 Å². The molecule has 4 N–H and O–H groups in total. The standard InChI is InChI=1S/C28H40N4O7S/c1-19(2)32(28(35)22-9-10-26(38-4)27(14-22)39-12-6-11-33)17-23-15-29-16-25(23)31-40(36,37)18-21-7-5-8-24(13-21)30-20(3)34/h5,7-10,13-14,19,23,25,29,31,33H,6,11-12,15-18H2,1-4H3,(H,30,34)/t23-,25+/m0/s1. The van der Waals surface area contributed by atoms with Crippen LogP contribution in [0.1, 0.15) is 43.1 Å². The van der Waals surface area contributed by atoms with Gasteiger partial charge in [-0.3, -0.25) is 9.59 Å². The molecule has 1 aliphatic heterocycles. The molecule has 1 aliphatic rings. The zero-order valence-electron chi connectivity index (χ0n) is 23.5. The normalized spacial score (nSPS) is 17.1. The van der Waals surface area contributed by atoms with Gasteiger partial charge in [0.05, 0.1) is 19.5 Å². The van der Waals surface area contributed by atoms with E-state index in [0.717, 1.165) is 0 Å². The van der Waals surface area contributed by atoms with Crippen LogP contribution in [0.25, 0.3) is 0 Å². The van der Waals surface area contributed by atoms with E-state index in [4.69, 9.17) is 14.6 Å². The molecule has 2 atom stereocenters. The van der Waals surface area contributed by atoms with Crippen LogP contribution in [0, 0.1) is 5.92 Å². The van der Waals surface area contributed by atoms with Gasteiger partial charge in [-0.25, -0.2) is 13.1 Å². The first kappa shape index (κ1) is 31.3. The second-order valence-corrected chi connectivity index (χ2v) is 11.9. The van der Waals surface area contributed by atoms with E-state index < -0.39 is 16.1 Å². The lowest BCUT2D eigenvalue weighted by atomic mass is 10.0. The number of nitrogens with zero attached hydrogens (tertiary/aromatic N) is 1. The highest BCUT2D eigenvalue weighted by Crippen LogP contribution is 2.29. The van der Waals surface area contributed by atoms with Crippen LogP contribution in [0.4, 0.5) is 5.69 Å². The molecule has 0 bridgehead atoms. The third-order valence-electron chi connectivity index (χ3n) is 6.56. The number of aliphatic hydroxyl groups is 1. The largest absolute Gasteiger partial charge is 0.493 e. The smallest absolute Gasteiger partial charge is 0.254 e. The second-order valence-electron chi connectivity index (χ2n) is 10.1. The van der Waals surface area contributed by atoms with Crippen LogP contribution in [0.5, 0.6) is 11.5 Å². The number of carbonyl (C=O) groups excluding carboxylic acids is 2. The van der Waals surface area contributed by atoms with Gasteiger partial charge >= 0.3 is 0 Å². The number of hydrogen-bond donors (Lipinski definition) is 4. The lowest BCUT2D eigenvalue weighted by molar-refractivity contribution is -0.114. The highest BCUT2D eigenvalue weighted by atomic mass is 32.2. The van der Waals surface area contributed by atoms with Gasteiger partial charge in [-0.1, -0.05) is 12.1 Å². The quantitative estimate of drug-likeness (QED) is 0.250. The summed E-state index contributed by atoms with van der Waals surface area (Å²) in [4.78, 5) is 26.7. The molecule has 3 rings (SSSR count). The molecule has 40 heavy (non-hydrogen) atoms. The van der Waals surface area contributed by atoms with E-state index in [-0.39, 0.29) is 42.7 Å². The third kappa shape index (κ3) is 8.91. The number of aliphatic hydroxyl groups excluding tert-OH is 1. The van der Waals surface area contributed by atoms with Crippen molar-refractivity contribution in [3.63, 3.8) is 0 Å². The number of hydrogen-bond acceptors (Lipinski definition) is 8. The van der Waals surface area contributed by atoms with Gasteiger partial charge in [-0.15, -0.1) is 0 Å². The molecular formula is C28H40N4O7S. The fraction of sp³-hybridized carbons (Fsp3) is 0.500. The van der Waals surface area contributed by atoms with Gasteiger partial charge in [0.25, 0.3) is 5.91 Å². The maximum absolute atomic E-state index is 13.6. The Bertz CT molecular complexity index is 1270. The van der Waals surface area contributed by atoms with E-state index in [1.165, 1.54) is 14.0 Å². The maximum Gasteiger partial charge on any atom is 0.254 e. The summed E-state index contributed by atoms with van der Waals surface area (Å²) < 4.78 is 40.0. The summed E-state index contributed by atoms with van der Waals surface area (Å²) in [5.41, 5.74) is 1.51. The Hall–Kier alpha value is -3.19. The maximum atomic E-state index is 13.6. The third-order valence-corrected chi connectivity index (χ3v) is 7.94. The molecule has 2 aromatic rings. The Morgan fingerprint density at radius 2 is 1.93 bits per heavy atom. The van der Waals surface area contributed by atoms with Crippen LogP contribution >= 0.6 is 0 Å². The molecule has 0 unspecified atom stereocenters. The zero-order valence-corrected chi connectivity index (χ0v) is 24.3. The van der Waals surface area contributed by atoms with E-state index in [1.54, 1.807) is 47.4 Å². The molecule has 1 saturated heterocycles. The lowest BCUT2D eigenvalue weighted by Crippen LogP contribution is -2.47. The molecule has 0 aromatic heterocycles. The van der Waals surface area contributed by atoms with Crippen LogP contribution in [-0.4, -0.2) is 82.3 Å². The molecule has 0 radical (unpaired) electrons. The monoisotopic (exact) mass is 576 g/mol. The molecule has 220 valence electrons. The Labute approximate surface area is 236 Å². The molecule has 12 heteroatoms. The van der Waals surface area contributed by atoms with Crippen molar-refractivity contribution in [2.24, 2.45) is 5.92 Å². The van der Waals surface area contributed by atoms with Gasteiger partial charge in [0, 0.05) is 68.8 Å². The van der Waals surface area contributed by atoms with Gasteiger partial charge in [-0.05, 0) is 49.7 Å². The van der Waals surface area contributed by atoms with E-state index in [9.17, 15) is 18.0 Å². The zero-order chi connectivity index (χ0) is 29.3. The number of anilines is 1. The summed E-state index contributed by atoms with van der Waals surface area (Å²) in [6, 6.07) is 11.2. The second kappa shape index (κ2) is 14.4. The van der Waals surface area contributed by atoms with Crippen molar-refractivity contribution in [3.8, 4) is 11.5 Å². The summed E-state index contributed by atoms with van der Waals surface area (Å²) in [6.07, 6.45) is 0.451. The van der Waals surface area contributed by atoms with Gasteiger partial charge in [0.2, 0.25) is 15.9 Å². The number of carbonyl (C=O) groups is 2. The van der Waals surface area contributed by atoms with Gasteiger partial charge in [0.1, 0.15) is 0 Å². The van der Waals surface area contributed by atoms with Gasteiger partial charge in [0.15, 0.2) is 11.5 Å². The predicted molar refractivity (Wildman–Crippen MR) is 153 cm³/mol. The van der Waals surface area contributed by atoms with Crippen LogP contribution < -0.4 is 24.8 Å². The van der Waals surface area contributed by atoms with Gasteiger partial charge < -0.3 is 30.1 Å². The number of benzene rings is 2. The van der Waals surface area contributed by atoms with Crippen molar-refractivity contribution in [1.29, 1.82) is 0 Å². The number of nitrogens with one attached hydrogen (secondary N) is 3. The number of rotatable bonds is 14. The number of ether oxygens (including phenoxy) is 2. The first-order chi connectivity index (χ1) is 19.0. The minimum absolute atomic E-state index is 0.00807. The highest BCUT2D eigenvalue weighted by molar-refractivity contribution is 7.88. The van der Waals surface area contributed by atoms with E-state index in [2.05, 4.69) is 15.4 Å². The predicted octanol–water partition coefficient (Wildman–Crippen LogP) is 1.97. The summed E-state index contributed by atoms with van der Waals surface area (Å²) >= 11 is 0. The molecule has 11 nitrogen and oxygen atoms in total. The minimum Gasteiger partial charge on any atom is -0.493 e. The molecule has 0 spiro atoms. The van der Waals surface area contributed by atoms with Crippen LogP contribution in [0.15, 0.2) is 42.5 Å². The Morgan fingerprint density at radius 1 is 1.15 bits per heavy atom. The molecule has 1 fully saturated rings. The average Bonchev–Trinajstić information content (AvgIpc) is 3.31. The molecule has 1 heterocycles. The lowest BCUT2D eigenvalue weighted by Gasteiger charge is -2.32. The molecular weight excluding hydrogens is 536 g/mol. The molecule has 0 aliphatic carbocycles. The fourth-order valence-corrected chi connectivity index (χ4v) is 6.05. The SMILES string of the molecule is COc1ccc(C(=O)N(C[C@@H]2CNC[C@H]2NS(=O)(=O)Cc2cccc(NC(C)=O)c2)C(C)C)cc1OCCCO. The van der Waals surface area contributed by atoms with E-state index >= 15 is 0 Å². The first-order valence-electron chi connectivity index (χ1n) is 13.3.